The number of benzene rings is 2. The van der Waals surface area contributed by atoms with Gasteiger partial charge in [0.05, 0.1) is 23.9 Å². The molecule has 148 valence electrons. The molecular weight excluding hydrogens is 386 g/mol. The number of fused-ring (bicyclic) bond motifs is 1. The maximum Gasteiger partial charge on any atom is 0.251 e. The Balaban J connectivity index is 1.49. The highest BCUT2D eigenvalue weighted by molar-refractivity contribution is 7.09. The van der Waals surface area contributed by atoms with E-state index in [2.05, 4.69) is 15.3 Å². The summed E-state index contributed by atoms with van der Waals surface area (Å²) in [7, 11) is 1.64. The van der Waals surface area contributed by atoms with Gasteiger partial charge in [-0.1, -0.05) is 12.1 Å². The Morgan fingerprint density at radius 2 is 2.00 bits per heavy atom. The molecule has 4 rings (SSSR count). The van der Waals surface area contributed by atoms with E-state index in [0.29, 0.717) is 23.5 Å². The first-order valence-electron chi connectivity index (χ1n) is 9.27. The summed E-state index contributed by atoms with van der Waals surface area (Å²) < 4.78 is 11.1. The number of aryl methyl sites for hydroxylation is 1. The van der Waals surface area contributed by atoms with Gasteiger partial charge in [0, 0.05) is 17.4 Å². The van der Waals surface area contributed by atoms with E-state index in [1.54, 1.807) is 30.6 Å². The topological polar surface area (TPSA) is 77.2 Å². The Hall–Kier alpha value is -3.19. The molecule has 4 aromatic rings. The number of nitrogens with one attached hydrogen (secondary N) is 1. The van der Waals surface area contributed by atoms with Crippen molar-refractivity contribution in [2.75, 3.05) is 7.11 Å². The number of aromatic nitrogens is 2. The molecule has 2 aromatic heterocycles. The molecule has 0 radical (unpaired) electrons. The van der Waals surface area contributed by atoms with Crippen molar-refractivity contribution >= 4 is 28.3 Å². The van der Waals surface area contributed by atoms with Crippen molar-refractivity contribution in [2.24, 2.45) is 0 Å². The molecule has 1 N–H and O–H groups in total. The van der Waals surface area contributed by atoms with Crippen LogP contribution < -0.4 is 10.1 Å². The molecule has 29 heavy (non-hydrogen) atoms. The first-order valence-corrected chi connectivity index (χ1v) is 10.1. The minimum Gasteiger partial charge on any atom is -0.497 e. The fourth-order valence-electron chi connectivity index (χ4n) is 3.04. The van der Waals surface area contributed by atoms with E-state index in [9.17, 15) is 4.79 Å². The van der Waals surface area contributed by atoms with Crippen LogP contribution in [-0.2, 0) is 6.42 Å². The van der Waals surface area contributed by atoms with Crippen LogP contribution in [-0.4, -0.2) is 23.0 Å². The second-order valence-electron chi connectivity index (χ2n) is 6.80. The molecule has 1 amide bonds. The molecule has 2 heterocycles. The lowest BCUT2D eigenvalue weighted by molar-refractivity contribution is 0.0939. The molecular formula is C22H21N3O3S. The third-order valence-corrected chi connectivity index (χ3v) is 5.43. The zero-order valence-electron chi connectivity index (χ0n) is 16.4. The molecule has 0 saturated carbocycles. The van der Waals surface area contributed by atoms with Crippen molar-refractivity contribution in [3.8, 4) is 5.75 Å². The van der Waals surface area contributed by atoms with Gasteiger partial charge in [-0.05, 0) is 49.7 Å². The molecule has 1 unspecified atom stereocenters. The average Bonchev–Trinajstić information content (AvgIpc) is 3.33. The van der Waals surface area contributed by atoms with Gasteiger partial charge in [-0.15, -0.1) is 11.3 Å². The fraction of sp³-hybridized carbons (Fsp3) is 0.227. The Morgan fingerprint density at radius 1 is 1.21 bits per heavy atom. The largest absolute Gasteiger partial charge is 0.497 e. The van der Waals surface area contributed by atoms with Crippen molar-refractivity contribution in [2.45, 2.75) is 26.3 Å². The number of amides is 1. The minimum absolute atomic E-state index is 0.163. The van der Waals surface area contributed by atoms with Crippen molar-refractivity contribution in [3.63, 3.8) is 0 Å². The van der Waals surface area contributed by atoms with Gasteiger partial charge < -0.3 is 14.5 Å². The van der Waals surface area contributed by atoms with Crippen LogP contribution >= 0.6 is 11.3 Å². The van der Waals surface area contributed by atoms with E-state index in [-0.39, 0.29) is 11.9 Å². The third-order valence-electron chi connectivity index (χ3n) is 4.64. The van der Waals surface area contributed by atoms with E-state index >= 15 is 0 Å². The van der Waals surface area contributed by atoms with Gasteiger partial charge in [-0.2, -0.15) is 0 Å². The monoisotopic (exact) mass is 407 g/mol. The molecule has 6 nitrogen and oxygen atoms in total. The van der Waals surface area contributed by atoms with Crippen molar-refractivity contribution in [1.82, 2.24) is 15.3 Å². The number of rotatable bonds is 6. The van der Waals surface area contributed by atoms with E-state index in [1.807, 2.05) is 49.6 Å². The van der Waals surface area contributed by atoms with Crippen LogP contribution in [0.15, 0.2) is 52.3 Å². The summed E-state index contributed by atoms with van der Waals surface area (Å²) in [4.78, 5) is 21.6. The molecule has 0 aliphatic carbocycles. The number of oxazole rings is 1. The lowest BCUT2D eigenvalue weighted by Crippen LogP contribution is -2.26. The Labute approximate surface area is 172 Å². The lowest BCUT2D eigenvalue weighted by atomic mass is 10.1. The normalized spacial score (nSPS) is 12.1. The van der Waals surface area contributed by atoms with Crippen LogP contribution in [0.2, 0.25) is 0 Å². The highest BCUT2D eigenvalue weighted by atomic mass is 32.1. The first-order chi connectivity index (χ1) is 14.0. The number of thiazole rings is 1. The van der Waals surface area contributed by atoms with Gasteiger partial charge in [0.15, 0.2) is 11.5 Å². The van der Waals surface area contributed by atoms with Crippen molar-refractivity contribution in [1.29, 1.82) is 0 Å². The minimum atomic E-state index is -0.168. The van der Waals surface area contributed by atoms with E-state index < -0.39 is 0 Å². The molecule has 0 saturated heterocycles. The van der Waals surface area contributed by atoms with Crippen LogP contribution in [0.5, 0.6) is 5.75 Å². The SMILES string of the molecule is COc1ccc(Cc2nc3ccc(C(=O)NC(C)c4csc(C)n4)cc3o2)cc1. The maximum absolute atomic E-state index is 12.6. The number of hydrogen-bond donors (Lipinski definition) is 1. The summed E-state index contributed by atoms with van der Waals surface area (Å²) in [5.41, 5.74) is 3.79. The van der Waals surface area contributed by atoms with Gasteiger partial charge >= 0.3 is 0 Å². The summed E-state index contributed by atoms with van der Waals surface area (Å²) in [6, 6.07) is 12.9. The fourth-order valence-corrected chi connectivity index (χ4v) is 3.75. The Morgan fingerprint density at radius 3 is 2.69 bits per heavy atom. The molecule has 7 heteroatoms. The zero-order valence-corrected chi connectivity index (χ0v) is 17.2. The molecule has 2 aromatic carbocycles. The highest BCUT2D eigenvalue weighted by Gasteiger charge is 2.15. The number of hydrogen-bond acceptors (Lipinski definition) is 6. The summed E-state index contributed by atoms with van der Waals surface area (Å²) in [6.45, 7) is 3.87. The van der Waals surface area contributed by atoms with Crippen molar-refractivity contribution in [3.05, 3.63) is 75.6 Å². The van der Waals surface area contributed by atoms with Gasteiger partial charge in [0.2, 0.25) is 0 Å². The number of ether oxygens (including phenoxy) is 1. The quantitative estimate of drug-likeness (QED) is 0.502. The van der Waals surface area contributed by atoms with E-state index in [1.165, 1.54) is 0 Å². The van der Waals surface area contributed by atoms with E-state index in [0.717, 1.165) is 27.5 Å². The van der Waals surface area contributed by atoms with Crippen LogP contribution in [0, 0.1) is 6.92 Å². The summed E-state index contributed by atoms with van der Waals surface area (Å²) in [5.74, 6) is 1.25. The first kappa shape index (κ1) is 19.1. The zero-order chi connectivity index (χ0) is 20.4. The van der Waals surface area contributed by atoms with Crippen LogP contribution in [0.3, 0.4) is 0 Å². The van der Waals surface area contributed by atoms with Crippen LogP contribution in [0.25, 0.3) is 11.1 Å². The van der Waals surface area contributed by atoms with Crippen molar-refractivity contribution < 1.29 is 13.9 Å². The van der Waals surface area contributed by atoms with E-state index in [4.69, 9.17) is 9.15 Å². The standard InChI is InChI=1S/C22H21N3O3S/c1-13(19-12-29-14(2)24-19)23-22(26)16-6-9-18-20(11-16)28-21(25-18)10-15-4-7-17(27-3)8-5-15/h4-9,11-13H,10H2,1-3H3,(H,23,26). The molecule has 0 aliphatic rings. The second-order valence-corrected chi connectivity index (χ2v) is 7.86. The Bertz CT molecular complexity index is 1150. The predicted molar refractivity (Wildman–Crippen MR) is 113 cm³/mol. The van der Waals surface area contributed by atoms with Gasteiger partial charge in [-0.3, -0.25) is 4.79 Å². The Kier molecular flexibility index (Phi) is 5.31. The predicted octanol–water partition coefficient (Wildman–Crippen LogP) is 4.68. The third kappa shape index (κ3) is 4.30. The number of nitrogens with zero attached hydrogens (tertiary/aromatic N) is 2. The smallest absolute Gasteiger partial charge is 0.251 e. The maximum atomic E-state index is 12.6. The number of carbonyl (C=O) groups is 1. The summed E-state index contributed by atoms with van der Waals surface area (Å²) in [6.07, 6.45) is 0.570. The van der Waals surface area contributed by atoms with Crippen LogP contribution in [0.4, 0.5) is 0 Å². The van der Waals surface area contributed by atoms with Crippen LogP contribution in [0.1, 0.15) is 45.5 Å². The molecule has 1 atom stereocenters. The van der Waals surface area contributed by atoms with Gasteiger partial charge in [-0.25, -0.2) is 9.97 Å². The van der Waals surface area contributed by atoms with Gasteiger partial charge in [0.25, 0.3) is 5.91 Å². The number of carbonyl (C=O) groups excluding carboxylic acids is 1. The summed E-state index contributed by atoms with van der Waals surface area (Å²) in [5, 5.41) is 5.92. The summed E-state index contributed by atoms with van der Waals surface area (Å²) >= 11 is 1.57. The molecule has 0 spiro atoms. The molecule has 0 aliphatic heterocycles. The van der Waals surface area contributed by atoms with Gasteiger partial charge in [0.1, 0.15) is 11.3 Å². The highest BCUT2D eigenvalue weighted by Crippen LogP contribution is 2.22. The second kappa shape index (κ2) is 8.05. The number of methoxy groups -OCH3 is 1. The molecule has 0 bridgehead atoms. The average molecular weight is 407 g/mol. The lowest BCUT2D eigenvalue weighted by Gasteiger charge is -2.11. The molecule has 0 fully saturated rings.